The molecule has 1 atom stereocenters. The lowest BCUT2D eigenvalue weighted by Crippen LogP contribution is -2.28. The number of benzene rings is 3. The second-order valence-electron chi connectivity index (χ2n) is 7.23. The molecule has 0 fully saturated rings. The monoisotopic (exact) mass is 468 g/mol. The van der Waals surface area contributed by atoms with Gasteiger partial charge in [-0.2, -0.15) is 0 Å². The Bertz CT molecular complexity index is 1200. The summed E-state index contributed by atoms with van der Waals surface area (Å²) in [6, 6.07) is 20.2. The molecule has 0 saturated carbocycles. The van der Waals surface area contributed by atoms with Crippen LogP contribution in [0.4, 0.5) is 5.69 Å². The number of hydrogen-bond donors (Lipinski definition) is 2. The molecule has 7 nitrogen and oxygen atoms in total. The lowest BCUT2D eigenvalue weighted by Gasteiger charge is -2.17. The topological polar surface area (TPSA) is 93.7 Å². The van der Waals surface area contributed by atoms with Crippen LogP contribution in [0.2, 0.25) is 0 Å². The minimum atomic E-state index is -3.99. The molecule has 3 aromatic rings. The highest BCUT2D eigenvalue weighted by Gasteiger charge is 2.21. The predicted octanol–water partition coefficient (Wildman–Crippen LogP) is 4.78. The first kappa shape index (κ1) is 24.1. The summed E-state index contributed by atoms with van der Waals surface area (Å²) >= 11 is 0. The van der Waals surface area contributed by atoms with Crippen LogP contribution in [-0.2, 0) is 10.0 Å². The minimum absolute atomic E-state index is 0.00210. The quantitative estimate of drug-likeness (QED) is 0.447. The van der Waals surface area contributed by atoms with E-state index in [4.69, 9.17) is 9.47 Å². The van der Waals surface area contributed by atoms with Gasteiger partial charge in [-0.05, 0) is 50.6 Å². The number of amides is 1. The van der Waals surface area contributed by atoms with Gasteiger partial charge >= 0.3 is 0 Å². The van der Waals surface area contributed by atoms with E-state index in [9.17, 15) is 13.2 Å². The predicted molar refractivity (Wildman–Crippen MR) is 128 cm³/mol. The number of carbonyl (C=O) groups is 1. The summed E-state index contributed by atoms with van der Waals surface area (Å²) in [4.78, 5) is 12.9. The summed E-state index contributed by atoms with van der Waals surface area (Å²) in [5.41, 5.74) is 1.35. The zero-order valence-electron chi connectivity index (χ0n) is 18.9. The summed E-state index contributed by atoms with van der Waals surface area (Å²) in [5, 5.41) is 2.92. The van der Waals surface area contributed by atoms with Gasteiger partial charge in [0.05, 0.1) is 35.4 Å². The van der Waals surface area contributed by atoms with E-state index in [1.165, 1.54) is 12.1 Å². The van der Waals surface area contributed by atoms with E-state index in [0.29, 0.717) is 24.7 Å². The Hall–Kier alpha value is -3.52. The van der Waals surface area contributed by atoms with Crippen molar-refractivity contribution in [2.45, 2.75) is 31.7 Å². The third-order valence-electron chi connectivity index (χ3n) is 4.89. The lowest BCUT2D eigenvalue weighted by atomic mass is 10.1. The third-order valence-corrected chi connectivity index (χ3v) is 6.25. The van der Waals surface area contributed by atoms with Crippen LogP contribution in [0.5, 0.6) is 11.5 Å². The molecule has 3 rings (SSSR count). The Labute approximate surface area is 194 Å². The van der Waals surface area contributed by atoms with Gasteiger partial charge in [0.25, 0.3) is 15.9 Å². The molecule has 2 N–H and O–H groups in total. The van der Waals surface area contributed by atoms with E-state index in [1.807, 2.05) is 44.2 Å². The van der Waals surface area contributed by atoms with Gasteiger partial charge in [-0.15, -0.1) is 0 Å². The largest absolute Gasteiger partial charge is 0.490 e. The maximum Gasteiger partial charge on any atom is 0.262 e. The van der Waals surface area contributed by atoms with Crippen molar-refractivity contribution in [3.63, 3.8) is 0 Å². The number of sulfonamides is 1. The zero-order chi connectivity index (χ0) is 23.8. The molecule has 1 amide bonds. The maximum atomic E-state index is 13.1. The van der Waals surface area contributed by atoms with Gasteiger partial charge in [0.2, 0.25) is 0 Å². The van der Waals surface area contributed by atoms with E-state index >= 15 is 0 Å². The van der Waals surface area contributed by atoms with Crippen molar-refractivity contribution in [1.82, 2.24) is 5.32 Å². The van der Waals surface area contributed by atoms with Crippen LogP contribution >= 0.6 is 0 Å². The second-order valence-corrected chi connectivity index (χ2v) is 8.91. The average Bonchev–Trinajstić information content (AvgIpc) is 2.81. The van der Waals surface area contributed by atoms with Gasteiger partial charge < -0.3 is 14.8 Å². The SMILES string of the molecule is CCOc1ccc(S(=O)(=O)Nc2ccccc2C(=O)N[C@H](C)c2ccccc2)cc1OCC. The third kappa shape index (κ3) is 6.04. The fourth-order valence-corrected chi connectivity index (χ4v) is 4.37. The molecule has 8 heteroatoms. The molecule has 0 aliphatic rings. The normalized spacial score (nSPS) is 12.0. The first-order valence-electron chi connectivity index (χ1n) is 10.7. The van der Waals surface area contributed by atoms with Crippen LogP contribution in [0.15, 0.2) is 77.7 Å². The first-order valence-corrected chi connectivity index (χ1v) is 12.2. The highest BCUT2D eigenvalue weighted by Crippen LogP contribution is 2.31. The summed E-state index contributed by atoms with van der Waals surface area (Å²) in [6.45, 7) is 6.30. The van der Waals surface area contributed by atoms with Crippen LogP contribution in [0, 0.1) is 0 Å². The number of anilines is 1. The molecule has 0 heterocycles. The number of hydrogen-bond acceptors (Lipinski definition) is 5. The van der Waals surface area contributed by atoms with Crippen molar-refractivity contribution in [1.29, 1.82) is 0 Å². The van der Waals surface area contributed by atoms with E-state index in [-0.39, 0.29) is 28.1 Å². The number of carbonyl (C=O) groups excluding carboxylic acids is 1. The molecule has 0 aliphatic carbocycles. The highest BCUT2D eigenvalue weighted by atomic mass is 32.2. The molecule has 174 valence electrons. The van der Waals surface area contributed by atoms with Crippen molar-refractivity contribution in [3.8, 4) is 11.5 Å². The molecule has 0 bridgehead atoms. The highest BCUT2D eigenvalue weighted by molar-refractivity contribution is 7.92. The van der Waals surface area contributed by atoms with Gasteiger partial charge in [-0.25, -0.2) is 8.42 Å². The molecule has 0 saturated heterocycles. The number of nitrogens with one attached hydrogen (secondary N) is 2. The number of ether oxygens (including phenoxy) is 2. The van der Waals surface area contributed by atoms with Crippen LogP contribution in [-0.4, -0.2) is 27.5 Å². The molecule has 0 unspecified atom stereocenters. The van der Waals surface area contributed by atoms with Crippen molar-refractivity contribution in [2.24, 2.45) is 0 Å². The fraction of sp³-hybridized carbons (Fsp3) is 0.240. The Kier molecular flexibility index (Phi) is 7.95. The Balaban J connectivity index is 1.85. The van der Waals surface area contributed by atoms with Crippen molar-refractivity contribution in [2.75, 3.05) is 17.9 Å². The molecule has 0 aliphatic heterocycles. The van der Waals surface area contributed by atoms with E-state index in [1.54, 1.807) is 37.3 Å². The molecule has 0 radical (unpaired) electrons. The van der Waals surface area contributed by atoms with Gasteiger partial charge in [-0.3, -0.25) is 9.52 Å². The van der Waals surface area contributed by atoms with Gasteiger partial charge in [0, 0.05) is 6.07 Å². The van der Waals surface area contributed by atoms with Gasteiger partial charge in [-0.1, -0.05) is 42.5 Å². The van der Waals surface area contributed by atoms with E-state index in [2.05, 4.69) is 10.0 Å². The average molecular weight is 469 g/mol. The standard InChI is InChI=1S/C25H28N2O5S/c1-4-31-23-16-15-20(17-24(23)32-5-2)33(29,30)27-22-14-10-9-13-21(22)25(28)26-18(3)19-11-7-6-8-12-19/h6-18,27H,4-5H2,1-3H3,(H,26,28)/t18-/m1/s1. The van der Waals surface area contributed by atoms with E-state index in [0.717, 1.165) is 5.56 Å². The van der Waals surface area contributed by atoms with Crippen molar-refractivity contribution in [3.05, 3.63) is 83.9 Å². The zero-order valence-corrected chi connectivity index (χ0v) is 19.7. The molecular weight excluding hydrogens is 440 g/mol. The first-order chi connectivity index (χ1) is 15.9. The van der Waals surface area contributed by atoms with Crippen LogP contribution in [0.1, 0.15) is 42.7 Å². The minimum Gasteiger partial charge on any atom is -0.490 e. The van der Waals surface area contributed by atoms with Crippen molar-refractivity contribution < 1.29 is 22.7 Å². The van der Waals surface area contributed by atoms with Crippen LogP contribution < -0.4 is 19.5 Å². The fourth-order valence-electron chi connectivity index (χ4n) is 3.27. The summed E-state index contributed by atoms with van der Waals surface area (Å²) in [7, 11) is -3.99. The van der Waals surface area contributed by atoms with Gasteiger partial charge in [0.15, 0.2) is 11.5 Å². The molecular formula is C25H28N2O5S. The van der Waals surface area contributed by atoms with Gasteiger partial charge in [0.1, 0.15) is 0 Å². The Morgan fingerprint density at radius 3 is 2.21 bits per heavy atom. The maximum absolute atomic E-state index is 13.1. The summed E-state index contributed by atoms with van der Waals surface area (Å²) in [5.74, 6) is 0.421. The van der Waals surface area contributed by atoms with Crippen LogP contribution in [0.3, 0.4) is 0 Å². The molecule has 3 aromatic carbocycles. The number of para-hydroxylation sites is 1. The Morgan fingerprint density at radius 1 is 0.879 bits per heavy atom. The van der Waals surface area contributed by atoms with Crippen molar-refractivity contribution >= 4 is 21.6 Å². The van der Waals surface area contributed by atoms with Crippen LogP contribution in [0.25, 0.3) is 0 Å². The summed E-state index contributed by atoms with van der Waals surface area (Å²) in [6.07, 6.45) is 0. The lowest BCUT2D eigenvalue weighted by molar-refractivity contribution is 0.0941. The Morgan fingerprint density at radius 2 is 1.52 bits per heavy atom. The summed E-state index contributed by atoms with van der Waals surface area (Å²) < 4.78 is 39.8. The number of rotatable bonds is 10. The smallest absolute Gasteiger partial charge is 0.262 e. The molecule has 33 heavy (non-hydrogen) atoms. The molecule has 0 spiro atoms. The second kappa shape index (κ2) is 10.9. The molecule has 0 aromatic heterocycles. The van der Waals surface area contributed by atoms with E-state index < -0.39 is 10.0 Å².